The monoisotopic (exact) mass is 384 g/mol. The summed E-state index contributed by atoms with van der Waals surface area (Å²) in [6, 6.07) is 17.5. The summed E-state index contributed by atoms with van der Waals surface area (Å²) in [6.07, 6.45) is 3.81. The Kier molecular flexibility index (Phi) is 6.00. The minimum absolute atomic E-state index is 0.400. The highest BCUT2D eigenvalue weighted by Crippen LogP contribution is 2.23. The summed E-state index contributed by atoms with van der Waals surface area (Å²) in [5, 5.41) is 5.01. The van der Waals surface area contributed by atoms with Crippen LogP contribution in [-0.4, -0.2) is 16.7 Å². The first-order valence-corrected chi connectivity index (χ1v) is 8.56. The summed E-state index contributed by atoms with van der Waals surface area (Å²) in [5.74, 6) is -0.542. The third-order valence-electron chi connectivity index (χ3n) is 3.58. The van der Waals surface area contributed by atoms with Crippen LogP contribution in [0.3, 0.4) is 0 Å². The number of benzene rings is 2. The maximum atomic E-state index is 12.2. The molecule has 0 bridgehead atoms. The van der Waals surface area contributed by atoms with Gasteiger partial charge in [-0.05, 0) is 35.9 Å². The molecule has 0 aliphatic heterocycles. The van der Waals surface area contributed by atoms with Gasteiger partial charge in [-0.25, -0.2) is 4.79 Å². The largest absolute Gasteiger partial charge is 0.365 e. The van der Waals surface area contributed by atoms with Crippen LogP contribution in [0.4, 0.5) is 0 Å². The highest BCUT2D eigenvalue weighted by molar-refractivity contribution is 6.37. The van der Waals surface area contributed by atoms with Gasteiger partial charge in [0.15, 0.2) is 0 Å². The van der Waals surface area contributed by atoms with Crippen molar-refractivity contribution in [2.24, 2.45) is 5.16 Å². The van der Waals surface area contributed by atoms with Crippen LogP contribution in [0.2, 0.25) is 10.0 Å². The molecule has 0 aliphatic carbocycles. The predicted octanol–water partition coefficient (Wildman–Crippen LogP) is 5.19. The highest BCUT2D eigenvalue weighted by Gasteiger charge is 2.13. The first kappa shape index (κ1) is 18.1. The van der Waals surface area contributed by atoms with Gasteiger partial charge in [-0.1, -0.05) is 58.7 Å². The number of halogens is 2. The highest BCUT2D eigenvalue weighted by atomic mass is 35.5. The van der Waals surface area contributed by atoms with E-state index in [1.807, 2.05) is 18.2 Å². The zero-order valence-electron chi connectivity index (χ0n) is 13.6. The standard InChI is InChI=1S/C20H14Cl2N2O2/c21-16-8-9-17(18(22)12-16)19(11-14-5-4-10-23-13-14)24-26-20(25)15-6-2-1-3-7-15/h1-10,12-13H,11H2. The van der Waals surface area contributed by atoms with Crippen molar-refractivity contribution in [1.82, 2.24) is 4.98 Å². The summed E-state index contributed by atoms with van der Waals surface area (Å²) in [7, 11) is 0. The van der Waals surface area contributed by atoms with Gasteiger partial charge in [-0.3, -0.25) is 4.98 Å². The molecule has 0 radical (unpaired) electrons. The fraction of sp³-hybridized carbons (Fsp3) is 0.0500. The fourth-order valence-corrected chi connectivity index (χ4v) is 2.84. The van der Waals surface area contributed by atoms with Gasteiger partial charge in [0.2, 0.25) is 0 Å². The average Bonchev–Trinajstić information content (AvgIpc) is 2.67. The van der Waals surface area contributed by atoms with E-state index in [2.05, 4.69) is 10.1 Å². The molecule has 4 nitrogen and oxygen atoms in total. The maximum Gasteiger partial charge on any atom is 0.365 e. The van der Waals surface area contributed by atoms with Crippen LogP contribution in [0.5, 0.6) is 0 Å². The Labute approximate surface area is 161 Å². The zero-order valence-corrected chi connectivity index (χ0v) is 15.1. The fourth-order valence-electron chi connectivity index (χ4n) is 2.32. The number of rotatable bonds is 5. The Hall–Kier alpha value is -2.69. The predicted molar refractivity (Wildman–Crippen MR) is 103 cm³/mol. The van der Waals surface area contributed by atoms with Crippen molar-refractivity contribution in [3.8, 4) is 0 Å². The topological polar surface area (TPSA) is 51.5 Å². The molecule has 0 saturated heterocycles. The Balaban J connectivity index is 1.90. The first-order chi connectivity index (χ1) is 12.6. The van der Waals surface area contributed by atoms with Crippen molar-refractivity contribution in [2.75, 3.05) is 0 Å². The molecule has 0 aliphatic rings. The van der Waals surface area contributed by atoms with E-state index >= 15 is 0 Å². The summed E-state index contributed by atoms with van der Waals surface area (Å²) in [5.41, 5.74) is 2.47. The Morgan fingerprint density at radius 1 is 1.04 bits per heavy atom. The normalized spacial score (nSPS) is 11.2. The lowest BCUT2D eigenvalue weighted by atomic mass is 10.0. The lowest BCUT2D eigenvalue weighted by Crippen LogP contribution is -2.10. The van der Waals surface area contributed by atoms with Crippen molar-refractivity contribution in [3.63, 3.8) is 0 Å². The summed E-state index contributed by atoms with van der Waals surface area (Å²) >= 11 is 12.3. The van der Waals surface area contributed by atoms with E-state index in [4.69, 9.17) is 28.0 Å². The summed E-state index contributed by atoms with van der Waals surface area (Å²) in [6.45, 7) is 0. The van der Waals surface area contributed by atoms with E-state index in [9.17, 15) is 4.79 Å². The van der Waals surface area contributed by atoms with Crippen LogP contribution >= 0.6 is 23.2 Å². The summed E-state index contributed by atoms with van der Waals surface area (Å²) < 4.78 is 0. The molecule has 0 unspecified atom stereocenters. The average molecular weight is 385 g/mol. The van der Waals surface area contributed by atoms with E-state index in [0.29, 0.717) is 33.3 Å². The number of hydrogen-bond donors (Lipinski definition) is 0. The van der Waals surface area contributed by atoms with Gasteiger partial charge >= 0.3 is 5.97 Å². The molecule has 0 saturated carbocycles. The van der Waals surface area contributed by atoms with Crippen LogP contribution in [-0.2, 0) is 11.3 Å². The van der Waals surface area contributed by atoms with Crippen LogP contribution in [0.15, 0.2) is 78.2 Å². The number of carbonyl (C=O) groups excluding carboxylic acids is 1. The van der Waals surface area contributed by atoms with Gasteiger partial charge in [-0.15, -0.1) is 0 Å². The molecule has 26 heavy (non-hydrogen) atoms. The molecule has 0 N–H and O–H groups in total. The van der Waals surface area contributed by atoms with Crippen LogP contribution in [0.25, 0.3) is 0 Å². The Bertz CT molecular complexity index is 929. The first-order valence-electron chi connectivity index (χ1n) is 7.81. The van der Waals surface area contributed by atoms with Gasteiger partial charge in [0.05, 0.1) is 16.3 Å². The molecule has 3 aromatic rings. The second-order valence-corrected chi connectivity index (χ2v) is 6.29. The lowest BCUT2D eigenvalue weighted by molar-refractivity contribution is 0.0516. The Morgan fingerprint density at radius 3 is 2.54 bits per heavy atom. The Morgan fingerprint density at radius 2 is 1.85 bits per heavy atom. The van der Waals surface area contributed by atoms with E-state index in [0.717, 1.165) is 5.56 Å². The maximum absolute atomic E-state index is 12.2. The van der Waals surface area contributed by atoms with Crippen molar-refractivity contribution in [1.29, 1.82) is 0 Å². The van der Waals surface area contributed by atoms with Crippen molar-refractivity contribution in [3.05, 3.63) is 99.8 Å². The third-order valence-corrected chi connectivity index (χ3v) is 4.13. The van der Waals surface area contributed by atoms with Crippen LogP contribution in [0.1, 0.15) is 21.5 Å². The molecular weight excluding hydrogens is 371 g/mol. The van der Waals surface area contributed by atoms with Crippen LogP contribution in [0, 0.1) is 0 Å². The third kappa shape index (κ3) is 4.69. The smallest absolute Gasteiger partial charge is 0.313 e. The number of nitrogens with zero attached hydrogens (tertiary/aromatic N) is 2. The second-order valence-electron chi connectivity index (χ2n) is 5.44. The van der Waals surface area contributed by atoms with E-state index < -0.39 is 5.97 Å². The van der Waals surface area contributed by atoms with Gasteiger partial charge in [0, 0.05) is 29.4 Å². The molecule has 1 aromatic heterocycles. The van der Waals surface area contributed by atoms with E-state index in [1.165, 1.54) is 0 Å². The molecule has 1 heterocycles. The number of carbonyl (C=O) groups is 1. The van der Waals surface area contributed by atoms with Crippen molar-refractivity contribution < 1.29 is 9.63 Å². The second kappa shape index (κ2) is 8.61. The molecule has 3 rings (SSSR count). The van der Waals surface area contributed by atoms with E-state index in [-0.39, 0.29) is 0 Å². The minimum Gasteiger partial charge on any atom is -0.313 e. The minimum atomic E-state index is -0.542. The number of aromatic nitrogens is 1. The molecule has 6 heteroatoms. The van der Waals surface area contributed by atoms with Gasteiger partial charge < -0.3 is 4.84 Å². The SMILES string of the molecule is O=C(ON=C(Cc1cccnc1)c1ccc(Cl)cc1Cl)c1ccccc1. The zero-order chi connectivity index (χ0) is 18.4. The summed E-state index contributed by atoms with van der Waals surface area (Å²) in [4.78, 5) is 21.4. The molecule has 0 spiro atoms. The number of oxime groups is 1. The number of hydrogen-bond acceptors (Lipinski definition) is 4. The van der Waals surface area contributed by atoms with Crippen molar-refractivity contribution in [2.45, 2.75) is 6.42 Å². The molecular formula is C20H14Cl2N2O2. The van der Waals surface area contributed by atoms with Gasteiger partial charge in [0.1, 0.15) is 0 Å². The lowest BCUT2D eigenvalue weighted by Gasteiger charge is -2.09. The van der Waals surface area contributed by atoms with Gasteiger partial charge in [-0.2, -0.15) is 0 Å². The van der Waals surface area contributed by atoms with Gasteiger partial charge in [0.25, 0.3) is 0 Å². The molecule has 130 valence electrons. The molecule has 2 aromatic carbocycles. The van der Waals surface area contributed by atoms with Crippen LogP contribution < -0.4 is 0 Å². The quantitative estimate of drug-likeness (QED) is 0.345. The van der Waals surface area contributed by atoms with E-state index in [1.54, 1.807) is 54.9 Å². The molecule has 0 atom stereocenters. The molecule has 0 fully saturated rings. The molecule has 0 amide bonds. The number of pyridine rings is 1. The van der Waals surface area contributed by atoms with Crippen molar-refractivity contribution >= 4 is 34.9 Å².